The number of likely N-dealkylation sites (tertiary alicyclic amines) is 1. The maximum Gasteiger partial charge on any atom is 0.138 e. The highest BCUT2D eigenvalue weighted by Crippen LogP contribution is 2.34. The Morgan fingerprint density at radius 3 is 2.67 bits per heavy atom. The SMILES string of the molecule is OC1CCN(Cc2c(-c3ccccc3)[nH]c3ccnc(Cl)c23)CC1. The zero-order chi connectivity index (χ0) is 16.5. The number of hydrogen-bond acceptors (Lipinski definition) is 3. The Balaban J connectivity index is 1.79. The minimum atomic E-state index is -0.164. The standard InChI is InChI=1S/C19H20ClN3O/c20-19-17-15(12-23-10-7-14(24)8-11-23)18(13-4-2-1-3-5-13)22-16(17)6-9-21-19/h1-6,9,14,22,24H,7-8,10-12H2. The number of aromatic amines is 1. The third-order valence-corrected chi connectivity index (χ3v) is 5.06. The number of fused-ring (bicyclic) bond motifs is 1. The number of piperidine rings is 1. The number of rotatable bonds is 3. The molecule has 3 aromatic rings. The molecule has 5 heteroatoms. The minimum absolute atomic E-state index is 0.164. The van der Waals surface area contributed by atoms with Crippen LogP contribution in [0.3, 0.4) is 0 Å². The molecule has 0 spiro atoms. The Kier molecular flexibility index (Phi) is 4.27. The second-order valence-corrected chi connectivity index (χ2v) is 6.73. The van der Waals surface area contributed by atoms with Gasteiger partial charge in [0.25, 0.3) is 0 Å². The summed E-state index contributed by atoms with van der Waals surface area (Å²) in [6.45, 7) is 2.61. The van der Waals surface area contributed by atoms with Crippen molar-refractivity contribution in [2.75, 3.05) is 13.1 Å². The summed E-state index contributed by atoms with van der Waals surface area (Å²) in [5, 5.41) is 11.3. The van der Waals surface area contributed by atoms with E-state index in [1.54, 1.807) is 6.20 Å². The molecule has 2 aromatic heterocycles. The fourth-order valence-electron chi connectivity index (χ4n) is 3.47. The van der Waals surface area contributed by atoms with Crippen LogP contribution in [0.15, 0.2) is 42.6 Å². The molecule has 4 nitrogen and oxygen atoms in total. The van der Waals surface area contributed by atoms with E-state index < -0.39 is 0 Å². The van der Waals surface area contributed by atoms with Crippen molar-refractivity contribution < 1.29 is 5.11 Å². The van der Waals surface area contributed by atoms with E-state index in [9.17, 15) is 5.11 Å². The van der Waals surface area contributed by atoms with Gasteiger partial charge in [-0.25, -0.2) is 4.98 Å². The molecule has 124 valence electrons. The molecule has 2 N–H and O–H groups in total. The molecule has 4 rings (SSSR count). The fraction of sp³-hybridized carbons (Fsp3) is 0.316. The van der Waals surface area contributed by atoms with Gasteiger partial charge in [0.2, 0.25) is 0 Å². The topological polar surface area (TPSA) is 52.1 Å². The molecule has 0 radical (unpaired) electrons. The van der Waals surface area contributed by atoms with E-state index >= 15 is 0 Å². The predicted molar refractivity (Wildman–Crippen MR) is 97.1 cm³/mol. The summed E-state index contributed by atoms with van der Waals surface area (Å²) in [6.07, 6.45) is 3.23. The van der Waals surface area contributed by atoms with E-state index in [2.05, 4.69) is 27.0 Å². The molecule has 0 amide bonds. The molecule has 3 heterocycles. The van der Waals surface area contributed by atoms with Gasteiger partial charge in [-0.3, -0.25) is 4.90 Å². The fourth-order valence-corrected chi connectivity index (χ4v) is 3.75. The molecule has 0 unspecified atom stereocenters. The highest BCUT2D eigenvalue weighted by molar-refractivity contribution is 6.34. The Hall–Kier alpha value is -1.88. The number of hydrogen-bond donors (Lipinski definition) is 2. The van der Waals surface area contributed by atoms with Crippen molar-refractivity contribution in [3.05, 3.63) is 53.3 Å². The van der Waals surface area contributed by atoms with Crippen LogP contribution >= 0.6 is 11.6 Å². The lowest BCUT2D eigenvalue weighted by Gasteiger charge is -2.29. The van der Waals surface area contributed by atoms with Crippen molar-refractivity contribution in [1.82, 2.24) is 14.9 Å². The number of pyridine rings is 1. The third-order valence-electron chi connectivity index (χ3n) is 4.77. The monoisotopic (exact) mass is 341 g/mol. The summed E-state index contributed by atoms with van der Waals surface area (Å²) >= 11 is 6.41. The number of aliphatic hydroxyl groups excluding tert-OH is 1. The minimum Gasteiger partial charge on any atom is -0.393 e. The van der Waals surface area contributed by atoms with Crippen LogP contribution in [0.4, 0.5) is 0 Å². The summed E-state index contributed by atoms with van der Waals surface area (Å²) in [5.74, 6) is 0. The molecule has 1 aliphatic heterocycles. The summed E-state index contributed by atoms with van der Waals surface area (Å²) in [6, 6.07) is 12.3. The van der Waals surface area contributed by atoms with Crippen LogP contribution in [0, 0.1) is 0 Å². The molecule has 1 fully saturated rings. The average molecular weight is 342 g/mol. The van der Waals surface area contributed by atoms with Gasteiger partial charge in [-0.2, -0.15) is 0 Å². The second-order valence-electron chi connectivity index (χ2n) is 6.38. The number of aliphatic hydroxyl groups is 1. The number of H-pyrrole nitrogens is 1. The van der Waals surface area contributed by atoms with Gasteiger partial charge in [-0.1, -0.05) is 41.9 Å². The second kappa shape index (κ2) is 6.55. The van der Waals surface area contributed by atoms with Crippen LogP contribution < -0.4 is 0 Å². The van der Waals surface area contributed by atoms with Crippen LogP contribution in [0.1, 0.15) is 18.4 Å². The lowest BCUT2D eigenvalue weighted by Crippen LogP contribution is -2.35. The van der Waals surface area contributed by atoms with Crippen molar-refractivity contribution in [3.8, 4) is 11.3 Å². The first kappa shape index (κ1) is 15.6. The van der Waals surface area contributed by atoms with Crippen molar-refractivity contribution in [2.24, 2.45) is 0 Å². The molecular weight excluding hydrogens is 322 g/mol. The van der Waals surface area contributed by atoms with E-state index in [1.165, 1.54) is 5.56 Å². The van der Waals surface area contributed by atoms with E-state index in [-0.39, 0.29) is 6.10 Å². The quantitative estimate of drug-likeness (QED) is 0.712. The molecule has 0 bridgehead atoms. The molecule has 0 saturated carbocycles. The van der Waals surface area contributed by atoms with E-state index in [1.807, 2.05) is 24.3 Å². The first-order valence-corrected chi connectivity index (χ1v) is 8.71. The average Bonchev–Trinajstić information content (AvgIpc) is 2.98. The molecule has 1 aromatic carbocycles. The third kappa shape index (κ3) is 2.93. The van der Waals surface area contributed by atoms with Gasteiger partial charge in [0, 0.05) is 36.8 Å². The van der Waals surface area contributed by atoms with Crippen molar-refractivity contribution >= 4 is 22.5 Å². The number of aromatic nitrogens is 2. The van der Waals surface area contributed by atoms with Gasteiger partial charge in [0.15, 0.2) is 0 Å². The van der Waals surface area contributed by atoms with Gasteiger partial charge < -0.3 is 10.1 Å². The van der Waals surface area contributed by atoms with Crippen LogP contribution in [0.2, 0.25) is 5.15 Å². The zero-order valence-electron chi connectivity index (χ0n) is 13.4. The number of nitrogens with zero attached hydrogens (tertiary/aromatic N) is 2. The van der Waals surface area contributed by atoms with E-state index in [0.717, 1.165) is 54.6 Å². The zero-order valence-corrected chi connectivity index (χ0v) is 14.1. The smallest absolute Gasteiger partial charge is 0.138 e. The van der Waals surface area contributed by atoms with Gasteiger partial charge in [-0.05, 0) is 24.5 Å². The summed E-state index contributed by atoms with van der Waals surface area (Å²) in [4.78, 5) is 10.2. The van der Waals surface area contributed by atoms with Crippen LogP contribution in [0.25, 0.3) is 22.2 Å². The van der Waals surface area contributed by atoms with Crippen LogP contribution in [-0.4, -0.2) is 39.2 Å². The van der Waals surface area contributed by atoms with Gasteiger partial charge in [0.05, 0.1) is 17.3 Å². The molecule has 1 saturated heterocycles. The van der Waals surface area contributed by atoms with Crippen molar-refractivity contribution in [2.45, 2.75) is 25.5 Å². The van der Waals surface area contributed by atoms with Crippen molar-refractivity contribution in [1.29, 1.82) is 0 Å². The Morgan fingerprint density at radius 1 is 1.17 bits per heavy atom. The Bertz CT molecular complexity index is 838. The molecule has 24 heavy (non-hydrogen) atoms. The first-order valence-electron chi connectivity index (χ1n) is 8.33. The summed E-state index contributed by atoms with van der Waals surface area (Å²) < 4.78 is 0. The first-order chi connectivity index (χ1) is 11.7. The number of benzene rings is 1. The van der Waals surface area contributed by atoms with Crippen LogP contribution in [0.5, 0.6) is 0 Å². The highest BCUT2D eigenvalue weighted by atomic mass is 35.5. The molecule has 0 aliphatic carbocycles. The number of nitrogens with one attached hydrogen (secondary N) is 1. The van der Waals surface area contributed by atoms with E-state index in [4.69, 9.17) is 11.6 Å². The van der Waals surface area contributed by atoms with Gasteiger partial charge >= 0.3 is 0 Å². The lowest BCUT2D eigenvalue weighted by molar-refractivity contribution is 0.0795. The van der Waals surface area contributed by atoms with Crippen molar-refractivity contribution in [3.63, 3.8) is 0 Å². The largest absolute Gasteiger partial charge is 0.393 e. The maximum atomic E-state index is 9.74. The predicted octanol–water partition coefficient (Wildman–Crippen LogP) is 3.84. The maximum absolute atomic E-state index is 9.74. The Labute approximate surface area is 146 Å². The Morgan fingerprint density at radius 2 is 1.92 bits per heavy atom. The normalized spacial score (nSPS) is 16.8. The van der Waals surface area contributed by atoms with Crippen LogP contribution in [-0.2, 0) is 6.54 Å². The molecular formula is C19H20ClN3O. The molecule has 1 aliphatic rings. The summed E-state index contributed by atoms with van der Waals surface area (Å²) in [7, 11) is 0. The summed E-state index contributed by atoms with van der Waals surface area (Å²) in [5.41, 5.74) is 4.45. The van der Waals surface area contributed by atoms with E-state index in [0.29, 0.717) is 5.15 Å². The molecule has 0 atom stereocenters. The van der Waals surface area contributed by atoms with Gasteiger partial charge in [-0.15, -0.1) is 0 Å². The lowest BCUT2D eigenvalue weighted by atomic mass is 10.0. The highest BCUT2D eigenvalue weighted by Gasteiger charge is 2.22. The van der Waals surface area contributed by atoms with Gasteiger partial charge in [0.1, 0.15) is 5.15 Å². The number of halogens is 1.